The van der Waals surface area contributed by atoms with Gasteiger partial charge in [-0.05, 0) is 43.9 Å². The fourth-order valence-electron chi connectivity index (χ4n) is 3.04. The second kappa shape index (κ2) is 6.55. The third kappa shape index (κ3) is 3.98. The number of nitrogens with zero attached hydrogens (tertiary/aromatic N) is 1. The number of rotatable bonds is 6. The first kappa shape index (κ1) is 13.9. The van der Waals surface area contributed by atoms with Gasteiger partial charge in [0.2, 0.25) is 5.91 Å². The minimum absolute atomic E-state index is 0.257. The van der Waals surface area contributed by atoms with E-state index in [4.69, 9.17) is 5.73 Å². The Morgan fingerprint density at radius 3 is 2.56 bits per heavy atom. The minimum Gasteiger partial charge on any atom is -0.342 e. The van der Waals surface area contributed by atoms with Gasteiger partial charge in [0.15, 0.2) is 0 Å². The van der Waals surface area contributed by atoms with Gasteiger partial charge >= 0.3 is 0 Å². The largest absolute Gasteiger partial charge is 0.342 e. The van der Waals surface area contributed by atoms with Crippen molar-refractivity contribution in [1.29, 1.82) is 0 Å². The molecule has 0 aromatic carbocycles. The van der Waals surface area contributed by atoms with Gasteiger partial charge in [-0.1, -0.05) is 19.8 Å². The Kier molecular flexibility index (Phi) is 5.04. The molecule has 2 saturated carbocycles. The lowest BCUT2D eigenvalue weighted by Gasteiger charge is -2.30. The molecule has 3 nitrogen and oxygen atoms in total. The van der Waals surface area contributed by atoms with Crippen molar-refractivity contribution in [2.45, 2.75) is 64.3 Å². The van der Waals surface area contributed by atoms with Crippen LogP contribution in [0.3, 0.4) is 0 Å². The van der Waals surface area contributed by atoms with Crippen molar-refractivity contribution in [2.24, 2.45) is 17.6 Å². The molecule has 18 heavy (non-hydrogen) atoms. The van der Waals surface area contributed by atoms with E-state index in [0.29, 0.717) is 18.2 Å². The van der Waals surface area contributed by atoms with E-state index < -0.39 is 0 Å². The second-order valence-corrected chi connectivity index (χ2v) is 6.20. The monoisotopic (exact) mass is 252 g/mol. The van der Waals surface area contributed by atoms with E-state index >= 15 is 0 Å². The molecule has 3 heteroatoms. The van der Waals surface area contributed by atoms with Crippen LogP contribution in [-0.4, -0.2) is 29.9 Å². The number of carbonyl (C=O) groups is 1. The van der Waals surface area contributed by atoms with Crippen LogP contribution in [0.2, 0.25) is 0 Å². The summed E-state index contributed by atoms with van der Waals surface area (Å²) in [5.41, 5.74) is 6.14. The van der Waals surface area contributed by atoms with Gasteiger partial charge in [0, 0.05) is 25.6 Å². The van der Waals surface area contributed by atoms with Crippen molar-refractivity contribution in [1.82, 2.24) is 4.90 Å². The van der Waals surface area contributed by atoms with E-state index in [2.05, 4.69) is 11.8 Å². The Bertz CT molecular complexity index is 276. The van der Waals surface area contributed by atoms with Crippen molar-refractivity contribution >= 4 is 5.91 Å². The first-order chi connectivity index (χ1) is 8.70. The quantitative estimate of drug-likeness (QED) is 0.789. The number of nitrogens with two attached hydrogens (primary N) is 1. The topological polar surface area (TPSA) is 46.3 Å². The predicted molar refractivity (Wildman–Crippen MR) is 74.1 cm³/mol. The van der Waals surface area contributed by atoms with Crippen molar-refractivity contribution in [2.75, 3.05) is 13.1 Å². The molecule has 2 unspecified atom stereocenters. The molecular formula is C15H28N2O. The van der Waals surface area contributed by atoms with Gasteiger partial charge in [0.05, 0.1) is 0 Å². The van der Waals surface area contributed by atoms with Gasteiger partial charge in [-0.2, -0.15) is 0 Å². The molecule has 2 aliphatic carbocycles. The molecule has 0 aromatic rings. The third-order valence-corrected chi connectivity index (χ3v) is 4.43. The lowest BCUT2D eigenvalue weighted by Crippen LogP contribution is -2.40. The summed E-state index contributed by atoms with van der Waals surface area (Å²) in [4.78, 5) is 14.5. The summed E-state index contributed by atoms with van der Waals surface area (Å²) in [5.74, 6) is 1.58. The Labute approximate surface area is 111 Å². The first-order valence-electron chi connectivity index (χ1n) is 7.74. The molecule has 0 saturated heterocycles. The number of hydrogen-bond acceptors (Lipinski definition) is 2. The maximum Gasteiger partial charge on any atom is 0.222 e. The van der Waals surface area contributed by atoms with Gasteiger partial charge < -0.3 is 10.6 Å². The van der Waals surface area contributed by atoms with Crippen molar-refractivity contribution < 1.29 is 4.79 Å². The molecule has 2 rings (SSSR count). The SMILES string of the molecule is CCCN(CC1CC1)C(=O)CC1CCCCC1N. The van der Waals surface area contributed by atoms with E-state index in [-0.39, 0.29) is 6.04 Å². The highest BCUT2D eigenvalue weighted by molar-refractivity contribution is 5.76. The van der Waals surface area contributed by atoms with Crippen LogP contribution < -0.4 is 5.73 Å². The summed E-state index contributed by atoms with van der Waals surface area (Å²) < 4.78 is 0. The smallest absolute Gasteiger partial charge is 0.222 e. The van der Waals surface area contributed by atoms with Crippen LogP contribution in [0.15, 0.2) is 0 Å². The maximum atomic E-state index is 12.4. The van der Waals surface area contributed by atoms with Gasteiger partial charge in [0.25, 0.3) is 0 Å². The van der Waals surface area contributed by atoms with Crippen LogP contribution in [-0.2, 0) is 4.79 Å². The molecule has 2 atom stereocenters. The molecule has 104 valence electrons. The van der Waals surface area contributed by atoms with Crippen LogP contribution in [0.5, 0.6) is 0 Å². The van der Waals surface area contributed by atoms with Gasteiger partial charge in [-0.15, -0.1) is 0 Å². The lowest BCUT2D eigenvalue weighted by atomic mass is 9.82. The van der Waals surface area contributed by atoms with Gasteiger partial charge in [-0.25, -0.2) is 0 Å². The van der Waals surface area contributed by atoms with Crippen molar-refractivity contribution in [3.63, 3.8) is 0 Å². The molecule has 2 fully saturated rings. The first-order valence-corrected chi connectivity index (χ1v) is 7.74. The molecule has 1 amide bonds. The number of hydrogen-bond donors (Lipinski definition) is 1. The zero-order valence-electron chi connectivity index (χ0n) is 11.7. The van der Waals surface area contributed by atoms with Crippen LogP contribution in [0.1, 0.15) is 58.3 Å². The summed E-state index contributed by atoms with van der Waals surface area (Å²) in [7, 11) is 0. The van der Waals surface area contributed by atoms with E-state index in [1.807, 2.05) is 0 Å². The van der Waals surface area contributed by atoms with Crippen LogP contribution in [0.25, 0.3) is 0 Å². The summed E-state index contributed by atoms with van der Waals surface area (Å²) in [6, 6.07) is 0.257. The number of carbonyl (C=O) groups excluding carboxylic acids is 1. The summed E-state index contributed by atoms with van der Waals surface area (Å²) >= 11 is 0. The summed E-state index contributed by atoms with van der Waals surface area (Å²) in [6.45, 7) is 4.07. The molecule has 2 N–H and O–H groups in total. The van der Waals surface area contributed by atoms with E-state index in [0.717, 1.165) is 38.3 Å². The minimum atomic E-state index is 0.257. The Morgan fingerprint density at radius 1 is 1.22 bits per heavy atom. The molecule has 0 heterocycles. The molecule has 0 aliphatic heterocycles. The molecular weight excluding hydrogens is 224 g/mol. The van der Waals surface area contributed by atoms with Crippen molar-refractivity contribution in [3.05, 3.63) is 0 Å². The second-order valence-electron chi connectivity index (χ2n) is 6.20. The Balaban J connectivity index is 1.82. The summed E-state index contributed by atoms with van der Waals surface area (Å²) in [6.07, 6.45) is 9.13. The van der Waals surface area contributed by atoms with Crippen LogP contribution >= 0.6 is 0 Å². The van der Waals surface area contributed by atoms with Gasteiger partial charge in [0.1, 0.15) is 0 Å². The average molecular weight is 252 g/mol. The molecule has 0 aromatic heterocycles. The predicted octanol–water partition coefficient (Wildman–Crippen LogP) is 2.54. The summed E-state index contributed by atoms with van der Waals surface area (Å²) in [5, 5.41) is 0. The Hall–Kier alpha value is -0.570. The maximum absolute atomic E-state index is 12.4. The molecule has 0 spiro atoms. The third-order valence-electron chi connectivity index (χ3n) is 4.43. The Morgan fingerprint density at radius 2 is 1.94 bits per heavy atom. The van der Waals surface area contributed by atoms with E-state index in [1.165, 1.54) is 25.7 Å². The van der Waals surface area contributed by atoms with E-state index in [1.54, 1.807) is 0 Å². The molecule has 2 aliphatic rings. The highest BCUT2D eigenvalue weighted by Gasteiger charge is 2.29. The zero-order chi connectivity index (χ0) is 13.0. The highest BCUT2D eigenvalue weighted by atomic mass is 16.2. The highest BCUT2D eigenvalue weighted by Crippen LogP contribution is 2.31. The molecule has 0 radical (unpaired) electrons. The van der Waals surface area contributed by atoms with E-state index in [9.17, 15) is 4.79 Å². The average Bonchev–Trinajstić information content (AvgIpc) is 3.15. The van der Waals surface area contributed by atoms with Crippen LogP contribution in [0.4, 0.5) is 0 Å². The van der Waals surface area contributed by atoms with Gasteiger partial charge in [-0.3, -0.25) is 4.79 Å². The molecule has 0 bridgehead atoms. The van der Waals surface area contributed by atoms with Crippen LogP contribution in [0, 0.1) is 11.8 Å². The lowest BCUT2D eigenvalue weighted by molar-refractivity contribution is -0.132. The fraction of sp³-hybridized carbons (Fsp3) is 0.933. The standard InChI is InChI=1S/C15H28N2O/c1-2-9-17(11-12-7-8-12)15(18)10-13-5-3-4-6-14(13)16/h12-14H,2-11,16H2,1H3. The van der Waals surface area contributed by atoms with Crippen molar-refractivity contribution in [3.8, 4) is 0 Å². The normalized spacial score (nSPS) is 28.1. The zero-order valence-corrected chi connectivity index (χ0v) is 11.7. The fourth-order valence-corrected chi connectivity index (χ4v) is 3.04. The number of amides is 1.